The number of nitrogens with one attached hydrogen (secondary N) is 2. The number of thioether (sulfide) groups is 1. The molecule has 3 aliphatic heterocycles. The molecule has 0 aliphatic carbocycles. The summed E-state index contributed by atoms with van der Waals surface area (Å²) in [5.41, 5.74) is 3.43. The number of fused-ring (bicyclic) bond motifs is 1. The van der Waals surface area contributed by atoms with Crippen molar-refractivity contribution in [3.63, 3.8) is 0 Å². The molecule has 1 spiro atoms. The number of aryl methyl sites for hydroxylation is 2. The summed E-state index contributed by atoms with van der Waals surface area (Å²) in [7, 11) is 0. The molecule has 0 aromatic heterocycles. The number of aliphatic hydroxyl groups excluding tert-OH is 1. The number of likely N-dealkylation sites (tertiary alicyclic amines) is 1. The van der Waals surface area contributed by atoms with E-state index in [2.05, 4.69) is 17.6 Å². The zero-order chi connectivity index (χ0) is 30.0. The second-order valence-electron chi connectivity index (χ2n) is 12.0. The fraction of sp³-hybridized carbons (Fsp3) is 0.545. The number of carbonyl (C=O) groups is 3. The van der Waals surface area contributed by atoms with Crippen molar-refractivity contribution >= 4 is 40.9 Å². The number of nitrogens with zero attached hydrogens (tertiary/aromatic N) is 1. The molecule has 3 aliphatic rings. The highest BCUT2D eigenvalue weighted by Crippen LogP contribution is 2.68. The number of amides is 3. The molecule has 8 nitrogen and oxygen atoms in total. The van der Waals surface area contributed by atoms with Gasteiger partial charge in [-0.1, -0.05) is 31.9 Å². The van der Waals surface area contributed by atoms with E-state index in [1.165, 1.54) is 0 Å². The van der Waals surface area contributed by atoms with Crippen molar-refractivity contribution in [2.75, 3.05) is 30.4 Å². The van der Waals surface area contributed by atoms with Gasteiger partial charge < -0.3 is 25.4 Å². The fourth-order valence-electron chi connectivity index (χ4n) is 7.21. The van der Waals surface area contributed by atoms with Gasteiger partial charge in [-0.3, -0.25) is 14.4 Å². The number of carbonyl (C=O) groups excluding carboxylic acids is 3. The highest BCUT2D eigenvalue weighted by atomic mass is 32.2. The monoisotopic (exact) mass is 593 g/mol. The summed E-state index contributed by atoms with van der Waals surface area (Å²) < 4.78 is 4.86. The van der Waals surface area contributed by atoms with Crippen LogP contribution >= 0.6 is 11.8 Å². The molecule has 226 valence electrons. The maximum atomic E-state index is 14.3. The third kappa shape index (κ3) is 5.53. The number of unbranched alkanes of at least 4 members (excludes halogenated alkanes) is 3. The van der Waals surface area contributed by atoms with E-state index in [9.17, 15) is 19.5 Å². The summed E-state index contributed by atoms with van der Waals surface area (Å²) in [6, 6.07) is 12.6. The van der Waals surface area contributed by atoms with Crippen LogP contribution in [0.5, 0.6) is 5.75 Å². The topological polar surface area (TPSA) is 108 Å². The number of aliphatic hydroxyl groups is 1. The molecular weight excluding hydrogens is 550 g/mol. The first-order valence-corrected chi connectivity index (χ1v) is 16.1. The van der Waals surface area contributed by atoms with E-state index in [1.807, 2.05) is 63.2 Å². The van der Waals surface area contributed by atoms with Crippen molar-refractivity contribution in [3.05, 3.63) is 53.6 Å². The Kier molecular flexibility index (Phi) is 9.18. The zero-order valence-electron chi connectivity index (χ0n) is 25.0. The Morgan fingerprint density at radius 2 is 1.79 bits per heavy atom. The van der Waals surface area contributed by atoms with Crippen molar-refractivity contribution < 1.29 is 24.2 Å². The van der Waals surface area contributed by atoms with Crippen molar-refractivity contribution in [3.8, 4) is 5.75 Å². The van der Waals surface area contributed by atoms with Crippen LogP contribution < -0.4 is 15.4 Å². The molecule has 3 unspecified atom stereocenters. The van der Waals surface area contributed by atoms with E-state index < -0.39 is 22.6 Å². The van der Waals surface area contributed by atoms with Crippen LogP contribution in [0.2, 0.25) is 0 Å². The van der Waals surface area contributed by atoms with Gasteiger partial charge in [0.25, 0.3) is 0 Å². The minimum atomic E-state index is -0.671. The van der Waals surface area contributed by atoms with Crippen LogP contribution in [0.25, 0.3) is 0 Å². The predicted octanol–water partition coefficient (Wildman–Crippen LogP) is 5.17. The molecule has 9 heteroatoms. The Balaban J connectivity index is 1.43. The minimum absolute atomic E-state index is 0.0284. The Bertz CT molecular complexity index is 1320. The molecule has 3 heterocycles. The summed E-state index contributed by atoms with van der Waals surface area (Å²) in [6.07, 6.45) is 3.98. The third-order valence-corrected chi connectivity index (χ3v) is 11.3. The normalized spacial score (nSPS) is 27.7. The van der Waals surface area contributed by atoms with E-state index >= 15 is 0 Å². The van der Waals surface area contributed by atoms with Gasteiger partial charge in [0.15, 0.2) is 0 Å². The molecule has 3 amide bonds. The number of rotatable bonds is 12. The number of hydrogen-bond donors (Lipinski definition) is 3. The molecule has 6 atom stereocenters. The number of benzene rings is 2. The van der Waals surface area contributed by atoms with Crippen molar-refractivity contribution in [1.29, 1.82) is 0 Å². The highest BCUT2D eigenvalue weighted by Gasteiger charge is 2.75. The number of ether oxygens (including phenoxy) is 1. The van der Waals surface area contributed by atoms with E-state index in [1.54, 1.807) is 16.7 Å². The van der Waals surface area contributed by atoms with E-state index in [0.29, 0.717) is 18.8 Å². The quantitative estimate of drug-likeness (QED) is 0.293. The Labute approximate surface area is 253 Å². The zero-order valence-corrected chi connectivity index (χ0v) is 25.8. The van der Waals surface area contributed by atoms with Crippen molar-refractivity contribution in [1.82, 2.24) is 4.90 Å². The molecule has 2 aromatic rings. The standard InChI is InChI=1S/C33H43N3O5S/c1-5-41-24-14-12-23(13-15-24)34-30(38)27-26-19-22(4)33(42-26)28(27)32(40)36(16-8-6-7-9-17-37)29(33)31(39)35-25-18-20(2)10-11-21(25)3/h10-15,18,22,26-29,37H,5-9,16-17,19H2,1-4H3,(H,34,38)(H,35,39)/t22?,26-,27+,28-,29?,33?/m0/s1. The molecular formula is C33H43N3O5S. The average Bonchev–Trinajstić information content (AvgIpc) is 3.55. The average molecular weight is 594 g/mol. The van der Waals surface area contributed by atoms with Gasteiger partial charge in [0.05, 0.1) is 23.2 Å². The van der Waals surface area contributed by atoms with Gasteiger partial charge in [-0.2, -0.15) is 0 Å². The SMILES string of the molecule is CCOc1ccc(NC(=O)[C@@H]2[C@@H]3CC(C)C4(S3)C(C(=O)Nc3cc(C)ccc3C)N(CCCCCCO)C(=O)[C@H]24)cc1. The summed E-state index contributed by atoms with van der Waals surface area (Å²) in [6.45, 7) is 9.18. The lowest BCUT2D eigenvalue weighted by Crippen LogP contribution is -2.54. The van der Waals surface area contributed by atoms with Crippen LogP contribution in [0, 0.1) is 31.6 Å². The van der Waals surface area contributed by atoms with Gasteiger partial charge in [-0.25, -0.2) is 0 Å². The van der Waals surface area contributed by atoms with E-state index in [0.717, 1.165) is 54.7 Å². The first-order valence-electron chi connectivity index (χ1n) is 15.2. The maximum Gasteiger partial charge on any atom is 0.248 e. The summed E-state index contributed by atoms with van der Waals surface area (Å²) in [4.78, 5) is 44.1. The Hall–Kier alpha value is -3.04. The van der Waals surface area contributed by atoms with Crippen LogP contribution in [0.15, 0.2) is 42.5 Å². The number of hydrogen-bond acceptors (Lipinski definition) is 6. The summed E-state index contributed by atoms with van der Waals surface area (Å²) in [5, 5.41) is 15.4. The van der Waals surface area contributed by atoms with Gasteiger partial charge in [0.2, 0.25) is 17.7 Å². The van der Waals surface area contributed by atoms with Gasteiger partial charge in [-0.05, 0) is 87.4 Å². The van der Waals surface area contributed by atoms with Crippen LogP contribution in [-0.2, 0) is 14.4 Å². The number of anilines is 2. The molecule has 2 bridgehead atoms. The van der Waals surface area contributed by atoms with Crippen molar-refractivity contribution in [2.45, 2.75) is 75.8 Å². The smallest absolute Gasteiger partial charge is 0.248 e. The van der Waals surface area contributed by atoms with Crippen LogP contribution in [0.1, 0.15) is 57.1 Å². The lowest BCUT2D eigenvalue weighted by molar-refractivity contribution is -0.138. The predicted molar refractivity (Wildman–Crippen MR) is 167 cm³/mol. The van der Waals surface area contributed by atoms with Crippen LogP contribution in [0.4, 0.5) is 11.4 Å². The summed E-state index contributed by atoms with van der Waals surface area (Å²) in [5.74, 6) is -0.676. The molecule has 3 fully saturated rings. The molecule has 0 radical (unpaired) electrons. The maximum absolute atomic E-state index is 14.3. The van der Waals surface area contributed by atoms with Gasteiger partial charge >= 0.3 is 0 Å². The highest BCUT2D eigenvalue weighted by molar-refractivity contribution is 8.02. The van der Waals surface area contributed by atoms with Crippen LogP contribution in [0.3, 0.4) is 0 Å². The molecule has 3 saturated heterocycles. The van der Waals surface area contributed by atoms with E-state index in [-0.39, 0.29) is 35.5 Å². The Morgan fingerprint density at radius 1 is 1.05 bits per heavy atom. The largest absolute Gasteiger partial charge is 0.494 e. The van der Waals surface area contributed by atoms with Gasteiger partial charge in [-0.15, -0.1) is 11.8 Å². The second kappa shape index (κ2) is 12.7. The second-order valence-corrected chi connectivity index (χ2v) is 13.5. The molecule has 2 aromatic carbocycles. The molecule has 3 N–H and O–H groups in total. The lowest BCUT2D eigenvalue weighted by atomic mass is 9.66. The third-order valence-electron chi connectivity index (χ3n) is 9.19. The lowest BCUT2D eigenvalue weighted by Gasteiger charge is -2.38. The van der Waals surface area contributed by atoms with Gasteiger partial charge in [0, 0.05) is 29.8 Å². The molecule has 5 rings (SSSR count). The first kappa shape index (κ1) is 30.4. The Morgan fingerprint density at radius 3 is 2.50 bits per heavy atom. The fourth-order valence-corrected chi connectivity index (χ4v) is 9.63. The van der Waals surface area contributed by atoms with Crippen LogP contribution in [-0.4, -0.2) is 63.5 Å². The minimum Gasteiger partial charge on any atom is -0.494 e. The van der Waals surface area contributed by atoms with E-state index in [4.69, 9.17) is 4.74 Å². The summed E-state index contributed by atoms with van der Waals surface area (Å²) >= 11 is 1.69. The van der Waals surface area contributed by atoms with Gasteiger partial charge in [0.1, 0.15) is 11.8 Å². The molecule has 0 saturated carbocycles. The first-order chi connectivity index (χ1) is 20.2. The van der Waals surface area contributed by atoms with Crippen molar-refractivity contribution in [2.24, 2.45) is 17.8 Å². The molecule has 42 heavy (non-hydrogen) atoms.